The van der Waals surface area contributed by atoms with E-state index >= 15 is 0 Å². The van der Waals surface area contributed by atoms with Gasteiger partial charge in [0.25, 0.3) is 0 Å². The summed E-state index contributed by atoms with van der Waals surface area (Å²) in [6, 6.07) is 0. The average Bonchev–Trinajstić information content (AvgIpc) is 2.21. The van der Waals surface area contributed by atoms with Gasteiger partial charge in [-0.2, -0.15) is 0 Å². The number of allylic oxidation sites excluding steroid dienone is 2. The van der Waals surface area contributed by atoms with Crippen molar-refractivity contribution in [2.45, 2.75) is 13.8 Å². The van der Waals surface area contributed by atoms with E-state index in [0.717, 1.165) is 0 Å². The summed E-state index contributed by atoms with van der Waals surface area (Å²) < 4.78 is 9.40. The van der Waals surface area contributed by atoms with Crippen LogP contribution < -0.4 is 0 Å². The molecular weight excluding hydrogens is 184 g/mol. The van der Waals surface area contributed by atoms with Gasteiger partial charge in [-0.1, -0.05) is 12.2 Å². The van der Waals surface area contributed by atoms with Gasteiger partial charge in [0, 0.05) is 0 Å². The van der Waals surface area contributed by atoms with Crippen LogP contribution in [0.15, 0.2) is 24.7 Å². The summed E-state index contributed by atoms with van der Waals surface area (Å²) in [5.41, 5.74) is 0. The van der Waals surface area contributed by atoms with Crippen molar-refractivity contribution in [3.63, 3.8) is 0 Å². The summed E-state index contributed by atoms with van der Waals surface area (Å²) in [6.07, 6.45) is 6.92. The van der Waals surface area contributed by atoms with Crippen LogP contribution in [0.1, 0.15) is 13.8 Å². The van der Waals surface area contributed by atoms with E-state index in [1.807, 2.05) is 26.0 Å². The molecule has 0 aliphatic carbocycles. The minimum atomic E-state index is 0.0278. The Morgan fingerprint density at radius 2 is 1.36 bits per heavy atom. The highest BCUT2D eigenvalue weighted by molar-refractivity contribution is 4.73. The van der Waals surface area contributed by atoms with Crippen molar-refractivity contribution in [2.24, 2.45) is 0 Å². The molecule has 0 amide bonds. The fourth-order valence-electron chi connectivity index (χ4n) is 0.434. The SMILES string of the molecule is C/C=C\O/C=C\C.OCCOCCO. The highest BCUT2D eigenvalue weighted by Crippen LogP contribution is 1.76. The fourth-order valence-corrected chi connectivity index (χ4v) is 0.434. The first-order chi connectivity index (χ1) is 6.83. The zero-order valence-electron chi connectivity index (χ0n) is 8.85. The van der Waals surface area contributed by atoms with E-state index in [2.05, 4.69) is 4.74 Å². The van der Waals surface area contributed by atoms with Crippen molar-refractivity contribution in [3.05, 3.63) is 24.7 Å². The highest BCUT2D eigenvalue weighted by atomic mass is 16.5. The normalized spacial score (nSPS) is 10.3. The minimum Gasteiger partial charge on any atom is -0.473 e. The van der Waals surface area contributed by atoms with Gasteiger partial charge in [-0.15, -0.1) is 0 Å². The van der Waals surface area contributed by atoms with Gasteiger partial charge in [-0.25, -0.2) is 0 Å². The van der Waals surface area contributed by atoms with E-state index in [-0.39, 0.29) is 13.2 Å². The Labute approximate surface area is 85.5 Å². The Hall–Kier alpha value is -0.840. The second-order valence-corrected chi connectivity index (χ2v) is 2.13. The molecule has 0 aliphatic rings. The second-order valence-electron chi connectivity index (χ2n) is 2.13. The lowest BCUT2D eigenvalue weighted by molar-refractivity contribution is 0.0650. The summed E-state index contributed by atoms with van der Waals surface area (Å²) in [4.78, 5) is 0. The number of aliphatic hydroxyl groups is 2. The van der Waals surface area contributed by atoms with Crippen molar-refractivity contribution in [3.8, 4) is 0 Å². The molecule has 0 aromatic heterocycles. The largest absolute Gasteiger partial charge is 0.473 e. The van der Waals surface area contributed by atoms with Gasteiger partial charge in [0.15, 0.2) is 0 Å². The summed E-state index contributed by atoms with van der Waals surface area (Å²) in [5, 5.41) is 16.2. The second kappa shape index (κ2) is 18.0. The molecule has 0 unspecified atom stereocenters. The number of rotatable bonds is 6. The van der Waals surface area contributed by atoms with Crippen LogP contribution in [0.5, 0.6) is 0 Å². The third-order valence-corrected chi connectivity index (χ3v) is 0.901. The maximum Gasteiger partial charge on any atom is 0.0858 e. The molecule has 0 rings (SSSR count). The molecule has 0 heterocycles. The van der Waals surface area contributed by atoms with Crippen LogP contribution >= 0.6 is 0 Å². The molecule has 4 nitrogen and oxygen atoms in total. The molecule has 0 fully saturated rings. The van der Waals surface area contributed by atoms with Gasteiger partial charge in [0.2, 0.25) is 0 Å². The zero-order valence-corrected chi connectivity index (χ0v) is 8.85. The molecule has 0 saturated carbocycles. The predicted molar refractivity (Wildman–Crippen MR) is 55.7 cm³/mol. The molecular formula is C10H20O4. The number of ether oxygens (including phenoxy) is 2. The topological polar surface area (TPSA) is 58.9 Å². The average molecular weight is 204 g/mol. The summed E-state index contributed by atoms with van der Waals surface area (Å²) in [5.74, 6) is 0. The third kappa shape index (κ3) is 22.5. The van der Waals surface area contributed by atoms with Gasteiger partial charge in [-0.05, 0) is 13.8 Å². The van der Waals surface area contributed by atoms with Gasteiger partial charge < -0.3 is 19.7 Å². The van der Waals surface area contributed by atoms with Crippen molar-refractivity contribution >= 4 is 0 Å². The van der Waals surface area contributed by atoms with Crippen LogP contribution in [0.25, 0.3) is 0 Å². The molecule has 0 radical (unpaired) electrons. The minimum absolute atomic E-state index is 0.0278. The van der Waals surface area contributed by atoms with E-state index in [1.165, 1.54) is 0 Å². The van der Waals surface area contributed by atoms with Crippen molar-refractivity contribution in [1.82, 2.24) is 0 Å². The zero-order chi connectivity index (χ0) is 11.1. The number of hydrogen-bond acceptors (Lipinski definition) is 4. The predicted octanol–water partition coefficient (Wildman–Crippen LogP) is 1.06. The Balaban J connectivity index is 0. The molecule has 2 N–H and O–H groups in total. The van der Waals surface area contributed by atoms with Crippen LogP contribution in [0.3, 0.4) is 0 Å². The summed E-state index contributed by atoms with van der Waals surface area (Å²) >= 11 is 0. The summed E-state index contributed by atoms with van der Waals surface area (Å²) in [6.45, 7) is 4.51. The molecule has 0 aliphatic heterocycles. The molecule has 0 bridgehead atoms. The molecule has 0 aromatic carbocycles. The molecule has 0 saturated heterocycles. The molecule has 0 atom stereocenters. The van der Waals surface area contributed by atoms with Gasteiger partial charge in [0.05, 0.1) is 39.0 Å². The van der Waals surface area contributed by atoms with Crippen LogP contribution in [0.2, 0.25) is 0 Å². The quantitative estimate of drug-likeness (QED) is 0.501. The smallest absolute Gasteiger partial charge is 0.0858 e. The molecule has 0 aromatic rings. The maximum atomic E-state index is 8.09. The maximum absolute atomic E-state index is 8.09. The number of aliphatic hydroxyl groups excluding tert-OH is 2. The standard InChI is InChI=1S/C6H10O.C4H10O3/c1-3-5-7-6-4-2;5-1-3-7-4-2-6/h3-6H,1-2H3;5-6H,1-4H2/b5-3-,6-4-;. The van der Waals surface area contributed by atoms with E-state index < -0.39 is 0 Å². The molecule has 0 spiro atoms. The van der Waals surface area contributed by atoms with Gasteiger partial charge >= 0.3 is 0 Å². The van der Waals surface area contributed by atoms with Crippen molar-refractivity contribution in [2.75, 3.05) is 26.4 Å². The van der Waals surface area contributed by atoms with E-state index in [0.29, 0.717) is 13.2 Å². The Bertz CT molecular complexity index is 118. The summed E-state index contributed by atoms with van der Waals surface area (Å²) in [7, 11) is 0. The first-order valence-corrected chi connectivity index (χ1v) is 4.50. The Kier molecular flexibility index (Phi) is 20.1. The first-order valence-electron chi connectivity index (χ1n) is 4.50. The Morgan fingerprint density at radius 3 is 1.64 bits per heavy atom. The Morgan fingerprint density at radius 1 is 0.929 bits per heavy atom. The fraction of sp³-hybridized carbons (Fsp3) is 0.600. The van der Waals surface area contributed by atoms with Gasteiger partial charge in [-0.3, -0.25) is 0 Å². The van der Waals surface area contributed by atoms with E-state index in [9.17, 15) is 0 Å². The number of hydrogen-bond donors (Lipinski definition) is 2. The molecule has 84 valence electrons. The van der Waals surface area contributed by atoms with E-state index in [1.54, 1.807) is 12.5 Å². The van der Waals surface area contributed by atoms with Crippen LogP contribution in [0.4, 0.5) is 0 Å². The van der Waals surface area contributed by atoms with Crippen LogP contribution in [-0.4, -0.2) is 36.6 Å². The molecule has 14 heavy (non-hydrogen) atoms. The lowest BCUT2D eigenvalue weighted by atomic mass is 10.7. The van der Waals surface area contributed by atoms with Gasteiger partial charge in [0.1, 0.15) is 0 Å². The van der Waals surface area contributed by atoms with Crippen LogP contribution in [0, 0.1) is 0 Å². The van der Waals surface area contributed by atoms with E-state index in [4.69, 9.17) is 14.9 Å². The third-order valence-electron chi connectivity index (χ3n) is 0.901. The lowest BCUT2D eigenvalue weighted by Crippen LogP contribution is -2.03. The lowest BCUT2D eigenvalue weighted by Gasteiger charge is -1.94. The van der Waals surface area contributed by atoms with Crippen molar-refractivity contribution in [1.29, 1.82) is 0 Å². The first kappa shape index (κ1) is 15.6. The highest BCUT2D eigenvalue weighted by Gasteiger charge is 1.79. The monoisotopic (exact) mass is 204 g/mol. The van der Waals surface area contributed by atoms with Crippen molar-refractivity contribution < 1.29 is 19.7 Å². The molecule has 4 heteroatoms. The van der Waals surface area contributed by atoms with Crippen LogP contribution in [-0.2, 0) is 9.47 Å².